The molecular weight excluding hydrogens is 246 g/mol. The molecule has 106 valence electrons. The fourth-order valence-electron chi connectivity index (χ4n) is 1.95. The summed E-state index contributed by atoms with van der Waals surface area (Å²) in [6.07, 6.45) is -5.74. The summed E-state index contributed by atoms with van der Waals surface area (Å²) in [4.78, 5) is 10.9. The van der Waals surface area contributed by atoms with Crippen LogP contribution in [0, 0.1) is 5.92 Å². The van der Waals surface area contributed by atoms with Crippen molar-refractivity contribution < 1.29 is 35.1 Å². The number of carboxylic acids is 1. The maximum Gasteiger partial charge on any atom is 0.364 e. The molecule has 1 aliphatic heterocycles. The maximum atomic E-state index is 10.9. The smallest absolute Gasteiger partial charge is 0.364 e. The van der Waals surface area contributed by atoms with E-state index in [1.165, 1.54) is 6.92 Å². The van der Waals surface area contributed by atoms with Gasteiger partial charge in [0.05, 0.1) is 18.3 Å². The third-order valence-corrected chi connectivity index (χ3v) is 3.25. The molecule has 0 aliphatic carbocycles. The highest BCUT2D eigenvalue weighted by atomic mass is 16.7. The van der Waals surface area contributed by atoms with Crippen LogP contribution in [0.1, 0.15) is 13.3 Å². The standard InChI is InChI=1S/C10H19NO7/c1-4-5(12)2-10(17,9(15)16)18-8(4)7(14)6(13)3-11/h4-8,12-14,17H,2-3,11H2,1H3,(H,15,16)/t4-,5-,6-,7-,8?,10-/m1/s1. The van der Waals surface area contributed by atoms with Gasteiger partial charge in [0.25, 0.3) is 5.79 Å². The Balaban J connectivity index is 2.92. The average molecular weight is 265 g/mol. The molecule has 0 amide bonds. The van der Waals surface area contributed by atoms with Gasteiger partial charge in [-0.1, -0.05) is 6.92 Å². The van der Waals surface area contributed by atoms with Crippen molar-refractivity contribution in [2.45, 2.75) is 43.5 Å². The number of carbonyl (C=O) groups is 1. The highest BCUT2D eigenvalue weighted by Crippen LogP contribution is 2.33. The van der Waals surface area contributed by atoms with Crippen molar-refractivity contribution in [2.24, 2.45) is 11.7 Å². The number of ether oxygens (including phenoxy) is 1. The van der Waals surface area contributed by atoms with E-state index in [1.54, 1.807) is 0 Å². The van der Waals surface area contributed by atoms with Gasteiger partial charge in [-0.25, -0.2) is 4.79 Å². The molecule has 0 spiro atoms. The molecule has 6 atom stereocenters. The first-order valence-corrected chi connectivity index (χ1v) is 5.60. The van der Waals surface area contributed by atoms with Crippen LogP contribution in [-0.4, -0.2) is 68.2 Å². The molecule has 8 heteroatoms. The second-order valence-corrected chi connectivity index (χ2v) is 4.60. The zero-order valence-electron chi connectivity index (χ0n) is 9.93. The van der Waals surface area contributed by atoms with Crippen LogP contribution in [0.2, 0.25) is 0 Å². The van der Waals surface area contributed by atoms with Crippen LogP contribution in [0.15, 0.2) is 0 Å². The van der Waals surface area contributed by atoms with Gasteiger partial charge >= 0.3 is 5.97 Å². The Hall–Kier alpha value is -0.770. The largest absolute Gasteiger partial charge is 0.477 e. The van der Waals surface area contributed by atoms with E-state index in [0.29, 0.717) is 0 Å². The summed E-state index contributed by atoms with van der Waals surface area (Å²) in [6, 6.07) is 0. The first-order chi connectivity index (χ1) is 8.23. The van der Waals surface area contributed by atoms with Crippen LogP contribution < -0.4 is 5.73 Å². The second kappa shape index (κ2) is 5.47. The minimum absolute atomic E-state index is 0.255. The fraction of sp³-hybridized carbons (Fsp3) is 0.900. The van der Waals surface area contributed by atoms with Gasteiger partial charge in [0.1, 0.15) is 6.10 Å². The van der Waals surface area contributed by atoms with Crippen LogP contribution in [0.4, 0.5) is 0 Å². The molecule has 18 heavy (non-hydrogen) atoms. The molecule has 0 saturated carbocycles. The molecule has 1 unspecified atom stereocenters. The van der Waals surface area contributed by atoms with Crippen molar-refractivity contribution in [3.05, 3.63) is 0 Å². The van der Waals surface area contributed by atoms with E-state index >= 15 is 0 Å². The van der Waals surface area contributed by atoms with Gasteiger partial charge in [0, 0.05) is 18.9 Å². The third-order valence-electron chi connectivity index (χ3n) is 3.25. The number of nitrogens with two attached hydrogens (primary N) is 1. The number of aliphatic hydroxyl groups excluding tert-OH is 3. The van der Waals surface area contributed by atoms with Crippen molar-refractivity contribution in [3.8, 4) is 0 Å². The highest BCUT2D eigenvalue weighted by Gasteiger charge is 2.51. The lowest BCUT2D eigenvalue weighted by atomic mass is 9.84. The SMILES string of the molecule is C[C@H]1C([C@H](O)[C@H](O)CN)O[C@@](O)(C(=O)O)C[C@H]1O. The molecule has 1 rings (SSSR count). The van der Waals surface area contributed by atoms with Crippen molar-refractivity contribution in [3.63, 3.8) is 0 Å². The molecular formula is C10H19NO7. The monoisotopic (exact) mass is 265 g/mol. The zero-order chi connectivity index (χ0) is 14.1. The zero-order valence-corrected chi connectivity index (χ0v) is 9.93. The van der Waals surface area contributed by atoms with Crippen molar-refractivity contribution in [1.82, 2.24) is 0 Å². The number of carboxylic acid groups (broad SMARTS) is 1. The molecule has 1 fully saturated rings. The Labute approximate surface area is 104 Å². The normalized spacial score (nSPS) is 40.2. The molecule has 0 radical (unpaired) electrons. The first-order valence-electron chi connectivity index (χ1n) is 5.60. The fourth-order valence-corrected chi connectivity index (χ4v) is 1.95. The molecule has 8 nitrogen and oxygen atoms in total. The van der Waals surface area contributed by atoms with E-state index in [4.69, 9.17) is 15.6 Å². The lowest BCUT2D eigenvalue weighted by Crippen LogP contribution is -2.60. The topological polar surface area (TPSA) is 153 Å². The Morgan fingerprint density at radius 3 is 2.56 bits per heavy atom. The Bertz CT molecular complexity index is 313. The predicted molar refractivity (Wildman–Crippen MR) is 58.3 cm³/mol. The molecule has 1 saturated heterocycles. The van der Waals surface area contributed by atoms with Gasteiger partial charge in [-0.3, -0.25) is 0 Å². The van der Waals surface area contributed by atoms with E-state index in [2.05, 4.69) is 0 Å². The Morgan fingerprint density at radius 2 is 2.11 bits per heavy atom. The second-order valence-electron chi connectivity index (χ2n) is 4.60. The van der Waals surface area contributed by atoms with Gasteiger partial charge in [0.15, 0.2) is 0 Å². The van der Waals surface area contributed by atoms with E-state index in [0.717, 1.165) is 0 Å². The summed E-state index contributed by atoms with van der Waals surface area (Å²) in [5, 5.41) is 47.5. The minimum atomic E-state index is -2.58. The molecule has 1 aliphatic rings. The molecule has 0 aromatic heterocycles. The van der Waals surface area contributed by atoms with E-state index in [9.17, 15) is 25.2 Å². The molecule has 7 N–H and O–H groups in total. The van der Waals surface area contributed by atoms with E-state index in [-0.39, 0.29) is 6.54 Å². The number of aliphatic carboxylic acids is 1. The van der Waals surface area contributed by atoms with Crippen molar-refractivity contribution in [1.29, 1.82) is 0 Å². The van der Waals surface area contributed by atoms with Gasteiger partial charge in [-0.2, -0.15) is 0 Å². The number of rotatable bonds is 4. The Morgan fingerprint density at radius 1 is 1.56 bits per heavy atom. The summed E-state index contributed by atoms with van der Waals surface area (Å²) >= 11 is 0. The minimum Gasteiger partial charge on any atom is -0.477 e. The highest BCUT2D eigenvalue weighted by molar-refractivity contribution is 5.75. The summed E-state index contributed by atoms with van der Waals surface area (Å²) in [5.74, 6) is -4.89. The molecule has 0 aromatic carbocycles. The average Bonchev–Trinajstić information content (AvgIpc) is 2.31. The summed E-state index contributed by atoms with van der Waals surface area (Å²) in [5.41, 5.74) is 5.18. The summed E-state index contributed by atoms with van der Waals surface area (Å²) in [6.45, 7) is 1.26. The molecule has 0 aromatic rings. The van der Waals surface area contributed by atoms with Gasteiger partial charge in [-0.05, 0) is 0 Å². The van der Waals surface area contributed by atoms with Gasteiger partial charge in [0.2, 0.25) is 0 Å². The number of aliphatic hydroxyl groups is 4. The number of hydrogen-bond donors (Lipinski definition) is 6. The van der Waals surface area contributed by atoms with Crippen LogP contribution in [0.25, 0.3) is 0 Å². The van der Waals surface area contributed by atoms with E-state index in [1.807, 2.05) is 0 Å². The van der Waals surface area contributed by atoms with Crippen LogP contribution >= 0.6 is 0 Å². The number of hydrogen-bond acceptors (Lipinski definition) is 7. The predicted octanol–water partition coefficient (Wildman–Crippen LogP) is -2.77. The third kappa shape index (κ3) is 2.79. The lowest BCUT2D eigenvalue weighted by molar-refractivity contribution is -0.301. The van der Waals surface area contributed by atoms with Gasteiger partial charge < -0.3 is 36.0 Å². The quantitative estimate of drug-likeness (QED) is 0.319. The van der Waals surface area contributed by atoms with Gasteiger partial charge in [-0.15, -0.1) is 0 Å². The van der Waals surface area contributed by atoms with Crippen molar-refractivity contribution >= 4 is 5.97 Å². The summed E-state index contributed by atoms with van der Waals surface area (Å²) < 4.78 is 4.93. The molecule has 1 heterocycles. The molecule has 0 bridgehead atoms. The van der Waals surface area contributed by atoms with E-state index < -0.39 is 48.5 Å². The first kappa shape index (κ1) is 15.3. The maximum absolute atomic E-state index is 10.9. The van der Waals surface area contributed by atoms with Crippen LogP contribution in [0.5, 0.6) is 0 Å². The van der Waals surface area contributed by atoms with Crippen LogP contribution in [0.3, 0.4) is 0 Å². The summed E-state index contributed by atoms with van der Waals surface area (Å²) in [7, 11) is 0. The Kier molecular flexibility index (Phi) is 4.65. The lowest BCUT2D eigenvalue weighted by Gasteiger charge is -2.43. The van der Waals surface area contributed by atoms with Crippen molar-refractivity contribution in [2.75, 3.05) is 6.54 Å². The van der Waals surface area contributed by atoms with Crippen LogP contribution in [-0.2, 0) is 9.53 Å².